The fraction of sp³-hybridized carbons (Fsp3) is 0.167. The van der Waals surface area contributed by atoms with Gasteiger partial charge in [0.05, 0.1) is 11.9 Å². The molecule has 8 heteroatoms. The molecular formula is C24H24N4O3S. The van der Waals surface area contributed by atoms with Crippen LogP contribution < -0.4 is 9.62 Å². The highest BCUT2D eigenvalue weighted by atomic mass is 32.2. The van der Waals surface area contributed by atoms with E-state index in [1.54, 1.807) is 12.1 Å². The number of aromatic nitrogens is 2. The van der Waals surface area contributed by atoms with Gasteiger partial charge >= 0.3 is 0 Å². The molecule has 0 spiro atoms. The zero-order valence-electron chi connectivity index (χ0n) is 18.1. The second-order valence-corrected chi connectivity index (χ2v) is 9.57. The molecule has 0 fully saturated rings. The monoisotopic (exact) mass is 448 g/mol. The molecule has 1 N–H and O–H groups in total. The molecule has 0 unspecified atom stereocenters. The number of hydrogen-bond acceptors (Lipinski definition) is 4. The van der Waals surface area contributed by atoms with E-state index in [1.165, 1.54) is 0 Å². The molecule has 2 aromatic heterocycles. The quantitative estimate of drug-likeness (QED) is 0.483. The van der Waals surface area contributed by atoms with Crippen LogP contribution in [0.3, 0.4) is 0 Å². The smallest absolute Gasteiger partial charge is 0.246 e. The second-order valence-electron chi connectivity index (χ2n) is 7.66. The predicted molar refractivity (Wildman–Crippen MR) is 127 cm³/mol. The molecule has 1 amide bonds. The van der Waals surface area contributed by atoms with Crippen molar-refractivity contribution in [2.24, 2.45) is 0 Å². The molecule has 2 aromatic carbocycles. The lowest BCUT2D eigenvalue weighted by molar-refractivity contribution is -0.114. The highest BCUT2D eigenvalue weighted by molar-refractivity contribution is 7.92. The van der Waals surface area contributed by atoms with Crippen LogP contribution >= 0.6 is 0 Å². The summed E-state index contributed by atoms with van der Waals surface area (Å²) in [4.78, 5) is 17.9. The average Bonchev–Trinajstić information content (AvgIpc) is 3.12. The van der Waals surface area contributed by atoms with Crippen molar-refractivity contribution in [3.63, 3.8) is 0 Å². The van der Waals surface area contributed by atoms with E-state index in [0.717, 1.165) is 32.9 Å². The van der Waals surface area contributed by atoms with E-state index in [4.69, 9.17) is 4.98 Å². The number of sulfonamides is 1. The van der Waals surface area contributed by atoms with Crippen LogP contribution in [0.15, 0.2) is 72.9 Å². The van der Waals surface area contributed by atoms with E-state index in [9.17, 15) is 13.2 Å². The topological polar surface area (TPSA) is 83.8 Å². The summed E-state index contributed by atoms with van der Waals surface area (Å²) in [6.45, 7) is 3.41. The van der Waals surface area contributed by atoms with E-state index in [0.29, 0.717) is 17.2 Å². The maximum Gasteiger partial charge on any atom is 0.246 e. The third-order valence-corrected chi connectivity index (χ3v) is 6.35. The van der Waals surface area contributed by atoms with E-state index < -0.39 is 15.9 Å². The lowest BCUT2D eigenvalue weighted by atomic mass is 10.1. The van der Waals surface area contributed by atoms with Crippen molar-refractivity contribution >= 4 is 33.1 Å². The van der Waals surface area contributed by atoms with Crippen molar-refractivity contribution in [2.75, 3.05) is 22.4 Å². The van der Waals surface area contributed by atoms with Gasteiger partial charge in [-0.05, 0) is 37.1 Å². The SMILES string of the molecule is Cc1ccccc1N(CC(=O)Nc1c(-c2ccccc2)nc2c(C)cccn12)S(C)(=O)=O. The Bertz CT molecular complexity index is 1400. The normalized spacial score (nSPS) is 11.5. The number of amides is 1. The fourth-order valence-corrected chi connectivity index (χ4v) is 4.56. The van der Waals surface area contributed by atoms with Crippen LogP contribution in [-0.2, 0) is 14.8 Å². The third-order valence-electron chi connectivity index (χ3n) is 5.22. The molecule has 2 heterocycles. The molecule has 32 heavy (non-hydrogen) atoms. The number of benzene rings is 2. The Morgan fingerprint density at radius 2 is 1.62 bits per heavy atom. The minimum Gasteiger partial charge on any atom is -0.308 e. The highest BCUT2D eigenvalue weighted by Crippen LogP contribution is 2.30. The Morgan fingerprint density at radius 3 is 2.31 bits per heavy atom. The van der Waals surface area contributed by atoms with Gasteiger partial charge in [0.15, 0.2) is 0 Å². The number of fused-ring (bicyclic) bond motifs is 1. The van der Waals surface area contributed by atoms with Crippen LogP contribution in [0.4, 0.5) is 11.5 Å². The summed E-state index contributed by atoms with van der Waals surface area (Å²) in [5.41, 5.74) is 4.40. The van der Waals surface area contributed by atoms with Gasteiger partial charge in [-0.25, -0.2) is 13.4 Å². The summed E-state index contributed by atoms with van der Waals surface area (Å²) in [6, 6.07) is 20.5. The molecular weight excluding hydrogens is 424 g/mol. The van der Waals surface area contributed by atoms with Gasteiger partial charge in [-0.2, -0.15) is 0 Å². The van der Waals surface area contributed by atoms with Crippen molar-refractivity contribution in [1.82, 2.24) is 9.38 Å². The van der Waals surface area contributed by atoms with E-state index in [2.05, 4.69) is 5.32 Å². The number of nitrogens with one attached hydrogen (secondary N) is 1. The summed E-state index contributed by atoms with van der Waals surface area (Å²) >= 11 is 0. The number of aryl methyl sites for hydroxylation is 2. The van der Waals surface area contributed by atoms with Gasteiger partial charge in [-0.15, -0.1) is 0 Å². The van der Waals surface area contributed by atoms with Crippen molar-refractivity contribution in [2.45, 2.75) is 13.8 Å². The van der Waals surface area contributed by atoms with Gasteiger partial charge in [0.2, 0.25) is 15.9 Å². The fourth-order valence-electron chi connectivity index (χ4n) is 3.65. The molecule has 0 saturated carbocycles. The third kappa shape index (κ3) is 4.22. The number of para-hydroxylation sites is 1. The summed E-state index contributed by atoms with van der Waals surface area (Å²) < 4.78 is 27.9. The Labute approximate surface area is 187 Å². The molecule has 0 bridgehead atoms. The molecule has 0 atom stereocenters. The first kappa shape index (κ1) is 21.6. The van der Waals surface area contributed by atoms with Gasteiger partial charge in [0.1, 0.15) is 23.7 Å². The summed E-state index contributed by atoms with van der Waals surface area (Å²) in [5, 5.41) is 2.91. The standard InChI is InChI=1S/C24H24N4O3S/c1-17-10-7-8-14-20(17)28(32(3,30)31)16-21(29)25-24-22(19-12-5-4-6-13-19)26-23-18(2)11-9-15-27(23)24/h4-15H,16H2,1-3H3,(H,25,29). The Kier molecular flexibility index (Phi) is 5.71. The number of carbonyl (C=O) groups excluding carboxylic acids is 1. The number of pyridine rings is 1. The van der Waals surface area contributed by atoms with Crippen LogP contribution in [-0.4, -0.2) is 36.5 Å². The molecule has 0 aliphatic carbocycles. The molecule has 4 aromatic rings. The van der Waals surface area contributed by atoms with Crippen LogP contribution in [0.1, 0.15) is 11.1 Å². The number of carbonyl (C=O) groups is 1. The highest BCUT2D eigenvalue weighted by Gasteiger charge is 2.24. The summed E-state index contributed by atoms with van der Waals surface area (Å²) in [7, 11) is -3.68. The molecule has 0 saturated heterocycles. The van der Waals surface area contributed by atoms with Gasteiger partial charge in [0.25, 0.3) is 0 Å². The number of rotatable bonds is 6. The minimum absolute atomic E-state index is 0.350. The Hall–Kier alpha value is -3.65. The molecule has 4 rings (SSSR count). The maximum absolute atomic E-state index is 13.1. The van der Waals surface area contributed by atoms with E-state index >= 15 is 0 Å². The van der Waals surface area contributed by atoms with E-state index in [-0.39, 0.29) is 6.54 Å². The minimum atomic E-state index is -3.68. The molecule has 7 nitrogen and oxygen atoms in total. The maximum atomic E-state index is 13.1. The van der Waals surface area contributed by atoms with Crippen LogP contribution in [0.25, 0.3) is 16.9 Å². The zero-order valence-corrected chi connectivity index (χ0v) is 18.9. The summed E-state index contributed by atoms with van der Waals surface area (Å²) in [6.07, 6.45) is 2.92. The molecule has 0 aliphatic rings. The van der Waals surface area contributed by atoms with Crippen LogP contribution in [0.5, 0.6) is 0 Å². The van der Waals surface area contributed by atoms with Crippen molar-refractivity contribution in [3.8, 4) is 11.3 Å². The van der Waals surface area contributed by atoms with Gasteiger partial charge in [-0.1, -0.05) is 54.6 Å². The van der Waals surface area contributed by atoms with Crippen molar-refractivity contribution < 1.29 is 13.2 Å². The first-order valence-electron chi connectivity index (χ1n) is 10.1. The molecule has 0 aliphatic heterocycles. The number of anilines is 2. The lowest BCUT2D eigenvalue weighted by Crippen LogP contribution is -2.38. The van der Waals surface area contributed by atoms with Gasteiger partial charge in [-0.3, -0.25) is 13.5 Å². The number of hydrogen-bond donors (Lipinski definition) is 1. The van der Waals surface area contributed by atoms with Crippen molar-refractivity contribution in [3.05, 3.63) is 84.1 Å². The van der Waals surface area contributed by atoms with E-state index in [1.807, 2.05) is 79.0 Å². The van der Waals surface area contributed by atoms with Crippen LogP contribution in [0.2, 0.25) is 0 Å². The lowest BCUT2D eigenvalue weighted by Gasteiger charge is -2.23. The largest absolute Gasteiger partial charge is 0.308 e. The Morgan fingerprint density at radius 1 is 0.969 bits per heavy atom. The Balaban J connectivity index is 1.74. The molecule has 164 valence electrons. The number of nitrogens with zero attached hydrogens (tertiary/aromatic N) is 3. The summed E-state index contributed by atoms with van der Waals surface area (Å²) in [5.74, 6) is 0.0392. The first-order valence-corrected chi connectivity index (χ1v) is 12.0. The van der Waals surface area contributed by atoms with Gasteiger partial charge in [0, 0.05) is 11.8 Å². The van der Waals surface area contributed by atoms with Crippen LogP contribution in [0, 0.1) is 13.8 Å². The van der Waals surface area contributed by atoms with Crippen molar-refractivity contribution in [1.29, 1.82) is 0 Å². The predicted octanol–water partition coefficient (Wildman–Crippen LogP) is 4.02. The first-order chi connectivity index (χ1) is 15.3. The number of imidazole rings is 1. The van der Waals surface area contributed by atoms with Gasteiger partial charge < -0.3 is 5.32 Å². The molecule has 0 radical (unpaired) electrons. The zero-order chi connectivity index (χ0) is 22.9. The second kappa shape index (κ2) is 8.47. The average molecular weight is 449 g/mol.